The van der Waals surface area contributed by atoms with Crippen LogP contribution < -0.4 is 4.90 Å². The summed E-state index contributed by atoms with van der Waals surface area (Å²) in [5.41, 5.74) is 17.8. The predicted octanol–water partition coefficient (Wildman–Crippen LogP) is 16.9. The van der Waals surface area contributed by atoms with Crippen LogP contribution in [0.1, 0.15) is 22.3 Å². The van der Waals surface area contributed by atoms with Crippen LogP contribution in [-0.2, 0) is 5.41 Å². The summed E-state index contributed by atoms with van der Waals surface area (Å²) in [7, 11) is 0. The number of nitrogens with zero attached hydrogens (tertiary/aromatic N) is 1. The van der Waals surface area contributed by atoms with Gasteiger partial charge in [-0.05, 0) is 127 Å². The van der Waals surface area contributed by atoms with Crippen LogP contribution in [0.4, 0.5) is 17.1 Å². The highest BCUT2D eigenvalue weighted by Gasteiger charge is 2.45. The molecule has 0 aliphatic heterocycles. The van der Waals surface area contributed by atoms with Crippen LogP contribution in [0.25, 0.3) is 64.7 Å². The Balaban J connectivity index is 0.941. The van der Waals surface area contributed by atoms with Crippen molar-refractivity contribution in [1.82, 2.24) is 0 Å². The Kier molecular flexibility index (Phi) is 8.98. The summed E-state index contributed by atoms with van der Waals surface area (Å²) in [4.78, 5) is 2.38. The van der Waals surface area contributed by atoms with Crippen molar-refractivity contribution in [2.45, 2.75) is 5.41 Å². The number of hydrogen-bond acceptors (Lipinski definition) is 2. The van der Waals surface area contributed by atoms with Crippen LogP contribution in [0.2, 0.25) is 0 Å². The molecule has 1 aromatic heterocycles. The van der Waals surface area contributed by atoms with Gasteiger partial charge in [0.2, 0.25) is 0 Å². The molecule has 0 amide bonds. The third-order valence-corrected chi connectivity index (χ3v) is 14.1. The number of benzene rings is 10. The van der Waals surface area contributed by atoms with E-state index in [9.17, 15) is 0 Å². The quantitative estimate of drug-likeness (QED) is 0.148. The van der Waals surface area contributed by atoms with E-state index >= 15 is 0 Å². The van der Waals surface area contributed by atoms with Crippen molar-refractivity contribution in [3.63, 3.8) is 0 Å². The van der Waals surface area contributed by atoms with E-state index in [4.69, 9.17) is 0 Å². The van der Waals surface area contributed by atoms with Gasteiger partial charge in [0.15, 0.2) is 0 Å². The van der Waals surface area contributed by atoms with Gasteiger partial charge >= 0.3 is 0 Å². The van der Waals surface area contributed by atoms with Crippen molar-refractivity contribution >= 4 is 48.6 Å². The lowest BCUT2D eigenvalue weighted by Crippen LogP contribution is -2.28. The van der Waals surface area contributed by atoms with Gasteiger partial charge in [0, 0.05) is 37.2 Å². The zero-order valence-electron chi connectivity index (χ0n) is 34.5. The predicted molar refractivity (Wildman–Crippen MR) is 268 cm³/mol. The molecule has 1 aliphatic rings. The van der Waals surface area contributed by atoms with Crippen molar-refractivity contribution in [3.05, 3.63) is 271 Å². The van der Waals surface area contributed by atoms with Crippen LogP contribution in [0.15, 0.2) is 249 Å². The normalized spacial score (nSPS) is 12.6. The minimum atomic E-state index is -0.450. The fourth-order valence-corrected chi connectivity index (χ4v) is 11.1. The molecule has 0 atom stereocenters. The molecule has 2 heteroatoms. The van der Waals surface area contributed by atoms with Crippen molar-refractivity contribution in [2.75, 3.05) is 4.90 Å². The molecule has 0 bridgehead atoms. The van der Waals surface area contributed by atoms with E-state index in [1.807, 2.05) is 11.3 Å². The topological polar surface area (TPSA) is 3.24 Å². The minimum Gasteiger partial charge on any atom is -0.311 e. The molecular weight excluding hydrogens is 779 g/mol. The second-order valence-corrected chi connectivity index (χ2v) is 17.5. The molecule has 296 valence electrons. The van der Waals surface area contributed by atoms with Crippen LogP contribution in [0.5, 0.6) is 0 Å². The van der Waals surface area contributed by atoms with Crippen LogP contribution >= 0.6 is 11.3 Å². The van der Waals surface area contributed by atoms with Gasteiger partial charge in [0.05, 0.1) is 5.41 Å². The average molecular weight is 820 g/mol. The summed E-state index contributed by atoms with van der Waals surface area (Å²) >= 11 is 1.86. The Hall–Kier alpha value is -7.78. The lowest BCUT2D eigenvalue weighted by molar-refractivity contribution is 0.768. The fourth-order valence-electron chi connectivity index (χ4n) is 10.0. The molecule has 0 N–H and O–H groups in total. The maximum Gasteiger partial charge on any atom is 0.0713 e. The summed E-state index contributed by atoms with van der Waals surface area (Å²) < 4.78 is 2.66. The van der Waals surface area contributed by atoms with E-state index in [1.165, 1.54) is 86.9 Å². The molecule has 0 unspecified atom stereocenters. The molecule has 1 nitrogen and oxygen atoms in total. The molecule has 11 aromatic rings. The van der Waals surface area contributed by atoms with Crippen molar-refractivity contribution in [3.8, 4) is 44.5 Å². The molecule has 12 rings (SSSR count). The Morgan fingerprint density at radius 3 is 1.37 bits per heavy atom. The molecule has 1 aliphatic carbocycles. The molecule has 10 aromatic carbocycles. The zero-order valence-corrected chi connectivity index (χ0v) is 35.3. The summed E-state index contributed by atoms with van der Waals surface area (Å²) in [6, 6.07) is 91.4. The van der Waals surface area contributed by atoms with Gasteiger partial charge in [-0.1, -0.05) is 188 Å². The third kappa shape index (κ3) is 6.22. The summed E-state index contributed by atoms with van der Waals surface area (Å²) in [6.45, 7) is 0. The van der Waals surface area contributed by atoms with Crippen LogP contribution in [0, 0.1) is 0 Å². The highest BCUT2D eigenvalue weighted by molar-refractivity contribution is 7.25. The molecule has 1 heterocycles. The van der Waals surface area contributed by atoms with Gasteiger partial charge in [-0.25, -0.2) is 0 Å². The monoisotopic (exact) mass is 819 g/mol. The number of fused-ring (bicyclic) bond motifs is 6. The second kappa shape index (κ2) is 15.3. The first-order valence-corrected chi connectivity index (χ1v) is 22.5. The molecule has 0 saturated heterocycles. The number of anilines is 3. The van der Waals surface area contributed by atoms with Crippen molar-refractivity contribution in [1.29, 1.82) is 0 Å². The molecule has 63 heavy (non-hydrogen) atoms. The van der Waals surface area contributed by atoms with Gasteiger partial charge < -0.3 is 4.90 Å². The largest absolute Gasteiger partial charge is 0.311 e. The number of thiophene rings is 1. The van der Waals surface area contributed by atoms with Crippen LogP contribution in [0.3, 0.4) is 0 Å². The Labute approximate surface area is 372 Å². The first kappa shape index (κ1) is 37.0. The number of hydrogen-bond donors (Lipinski definition) is 0. The molecule has 0 spiro atoms. The van der Waals surface area contributed by atoms with E-state index in [0.29, 0.717) is 0 Å². The molecule has 0 fully saturated rings. The smallest absolute Gasteiger partial charge is 0.0713 e. The van der Waals surface area contributed by atoms with Crippen LogP contribution in [-0.4, -0.2) is 0 Å². The highest BCUT2D eigenvalue weighted by atomic mass is 32.1. The lowest BCUT2D eigenvalue weighted by Gasteiger charge is -2.34. The first-order chi connectivity index (χ1) is 31.2. The van der Waals surface area contributed by atoms with Gasteiger partial charge in [0.1, 0.15) is 0 Å². The first-order valence-electron chi connectivity index (χ1n) is 21.7. The zero-order chi connectivity index (χ0) is 41.7. The Bertz CT molecular complexity index is 3370. The Morgan fingerprint density at radius 1 is 0.286 bits per heavy atom. The maximum atomic E-state index is 2.38. The summed E-state index contributed by atoms with van der Waals surface area (Å²) in [5, 5.41) is 2.64. The van der Waals surface area contributed by atoms with E-state index in [1.54, 1.807) is 0 Å². The SMILES string of the molecule is c1ccc(-c2ccc(N(c3ccc(-c4cccc(-c5ccc6sc7ccccc7c6c5)c4)cc3)c3ccc(C4(c5ccccc5)c5ccccc5-c5ccccc54)cc3)cc2)cc1. The molecule has 0 radical (unpaired) electrons. The van der Waals surface area contributed by atoms with E-state index in [2.05, 4.69) is 254 Å². The van der Waals surface area contributed by atoms with E-state index in [0.717, 1.165) is 17.1 Å². The summed E-state index contributed by atoms with van der Waals surface area (Å²) in [5.74, 6) is 0. The maximum absolute atomic E-state index is 2.38. The lowest BCUT2D eigenvalue weighted by atomic mass is 9.68. The van der Waals surface area contributed by atoms with Crippen molar-refractivity contribution in [2.24, 2.45) is 0 Å². The van der Waals surface area contributed by atoms with E-state index in [-0.39, 0.29) is 0 Å². The number of rotatable bonds is 8. The van der Waals surface area contributed by atoms with Gasteiger partial charge in [-0.2, -0.15) is 0 Å². The second-order valence-electron chi connectivity index (χ2n) is 16.4. The highest BCUT2D eigenvalue weighted by Crippen LogP contribution is 2.56. The van der Waals surface area contributed by atoms with Gasteiger partial charge in [0.25, 0.3) is 0 Å². The molecule has 0 saturated carbocycles. The summed E-state index contributed by atoms with van der Waals surface area (Å²) in [6.07, 6.45) is 0. The molecular formula is C61H41NS. The minimum absolute atomic E-state index is 0.450. The van der Waals surface area contributed by atoms with Gasteiger partial charge in [-0.3, -0.25) is 0 Å². The van der Waals surface area contributed by atoms with Crippen molar-refractivity contribution < 1.29 is 0 Å². The average Bonchev–Trinajstić information content (AvgIpc) is 3.89. The third-order valence-electron chi connectivity index (χ3n) is 13.0. The standard InChI is InChI=1S/C61H41NS/c1-3-14-42(15-4-1)43-26-33-50(34-27-43)62(51-35-28-44(29-36-51)45-16-13-17-46(40-45)47-30-39-60-56(41-47)55-22-9-12-25-59(55)63-60)52-37-31-49(32-38-52)61(48-18-5-2-6-19-48)57-23-10-7-20-53(57)54-21-8-11-24-58(54)61/h1-41H. The van der Waals surface area contributed by atoms with E-state index < -0.39 is 5.41 Å². The Morgan fingerprint density at radius 2 is 0.714 bits per heavy atom. The van der Waals surface area contributed by atoms with Gasteiger partial charge in [-0.15, -0.1) is 11.3 Å². The fraction of sp³-hybridized carbons (Fsp3) is 0.0164.